The van der Waals surface area contributed by atoms with Gasteiger partial charge in [0.05, 0.1) is 0 Å². The van der Waals surface area contributed by atoms with E-state index in [-0.39, 0.29) is 23.0 Å². The molecule has 0 aromatic heterocycles. The lowest BCUT2D eigenvalue weighted by molar-refractivity contribution is -0.136. The molecule has 0 fully saturated rings. The summed E-state index contributed by atoms with van der Waals surface area (Å²) in [6, 6.07) is 0. The molecule has 0 aromatic carbocycles. The van der Waals surface area contributed by atoms with Gasteiger partial charge in [0.1, 0.15) is 17.4 Å². The number of alkyl halides is 1. The molecule has 70 valence electrons. The number of hydrogen-bond donors (Lipinski definition) is 0. The van der Waals surface area contributed by atoms with Crippen molar-refractivity contribution in [1.82, 2.24) is 0 Å². The standard InChI is InChI=1S/C8H13BrO3/c1-5(6(2)10)8(7(3)11)12-4-9/h5,8H,4H2,1-3H3. The van der Waals surface area contributed by atoms with Crippen molar-refractivity contribution >= 4 is 27.5 Å². The molecule has 0 rings (SSSR count). The molecular weight excluding hydrogens is 224 g/mol. The third kappa shape index (κ3) is 3.45. The van der Waals surface area contributed by atoms with Crippen LogP contribution in [0.3, 0.4) is 0 Å². The second-order valence-electron chi connectivity index (χ2n) is 2.71. The van der Waals surface area contributed by atoms with E-state index in [9.17, 15) is 9.59 Å². The molecule has 12 heavy (non-hydrogen) atoms. The summed E-state index contributed by atoms with van der Waals surface area (Å²) in [5.74, 6) is -0.506. The van der Waals surface area contributed by atoms with Crippen molar-refractivity contribution in [3.05, 3.63) is 0 Å². The van der Waals surface area contributed by atoms with E-state index in [1.54, 1.807) is 6.92 Å². The maximum atomic E-state index is 11.0. The van der Waals surface area contributed by atoms with E-state index in [2.05, 4.69) is 15.9 Å². The molecule has 0 aliphatic carbocycles. The first-order valence-corrected chi connectivity index (χ1v) is 4.81. The summed E-state index contributed by atoms with van der Waals surface area (Å²) >= 11 is 3.05. The van der Waals surface area contributed by atoms with Gasteiger partial charge in [-0.3, -0.25) is 9.59 Å². The number of halogens is 1. The highest BCUT2D eigenvalue weighted by Gasteiger charge is 2.25. The van der Waals surface area contributed by atoms with Gasteiger partial charge >= 0.3 is 0 Å². The van der Waals surface area contributed by atoms with Crippen molar-refractivity contribution in [3.8, 4) is 0 Å². The summed E-state index contributed by atoms with van der Waals surface area (Å²) in [5, 5.41) is 0. The SMILES string of the molecule is CC(=O)C(C)C(OCBr)C(C)=O. The highest BCUT2D eigenvalue weighted by Crippen LogP contribution is 2.10. The highest BCUT2D eigenvalue weighted by molar-refractivity contribution is 9.09. The Morgan fingerprint density at radius 3 is 2.08 bits per heavy atom. The van der Waals surface area contributed by atoms with Gasteiger partial charge in [-0.05, 0) is 13.8 Å². The number of ether oxygens (including phenoxy) is 1. The van der Waals surface area contributed by atoms with Crippen molar-refractivity contribution in [1.29, 1.82) is 0 Å². The minimum atomic E-state index is -0.609. The van der Waals surface area contributed by atoms with Gasteiger partial charge in [0.2, 0.25) is 0 Å². The zero-order valence-corrected chi connectivity index (χ0v) is 9.05. The maximum Gasteiger partial charge on any atom is 0.159 e. The molecule has 0 bridgehead atoms. The molecule has 0 radical (unpaired) electrons. The molecule has 0 aliphatic rings. The fraction of sp³-hybridized carbons (Fsp3) is 0.750. The molecule has 0 aromatic rings. The van der Waals surface area contributed by atoms with Gasteiger partial charge in [0.25, 0.3) is 0 Å². The molecule has 0 amide bonds. The average Bonchev–Trinajstić information content (AvgIpc) is 1.98. The van der Waals surface area contributed by atoms with Crippen molar-refractivity contribution in [2.24, 2.45) is 5.92 Å². The molecular formula is C8H13BrO3. The zero-order chi connectivity index (χ0) is 9.72. The fourth-order valence-electron chi connectivity index (χ4n) is 0.895. The monoisotopic (exact) mass is 236 g/mol. The third-order valence-electron chi connectivity index (χ3n) is 1.74. The quantitative estimate of drug-likeness (QED) is 0.681. The Morgan fingerprint density at radius 2 is 1.83 bits per heavy atom. The van der Waals surface area contributed by atoms with E-state index < -0.39 is 6.10 Å². The molecule has 0 heterocycles. The fourth-order valence-corrected chi connectivity index (χ4v) is 1.18. The third-order valence-corrected chi connectivity index (χ3v) is 2.00. The van der Waals surface area contributed by atoms with E-state index in [0.29, 0.717) is 0 Å². The molecule has 2 unspecified atom stereocenters. The van der Waals surface area contributed by atoms with Crippen LogP contribution in [-0.2, 0) is 14.3 Å². The molecule has 0 aliphatic heterocycles. The van der Waals surface area contributed by atoms with Gasteiger partial charge in [0.15, 0.2) is 5.78 Å². The molecule has 0 saturated carbocycles. The second kappa shape index (κ2) is 5.43. The van der Waals surface area contributed by atoms with E-state index in [1.165, 1.54) is 13.8 Å². The average molecular weight is 237 g/mol. The van der Waals surface area contributed by atoms with Gasteiger partial charge < -0.3 is 4.74 Å². The first-order chi connectivity index (χ1) is 5.50. The van der Waals surface area contributed by atoms with Gasteiger partial charge in [-0.2, -0.15) is 0 Å². The topological polar surface area (TPSA) is 43.4 Å². The minimum absolute atomic E-state index is 0.0313. The summed E-state index contributed by atoms with van der Waals surface area (Å²) in [5.41, 5.74) is 0.273. The Morgan fingerprint density at radius 1 is 1.33 bits per heavy atom. The predicted molar refractivity (Wildman–Crippen MR) is 49.2 cm³/mol. The number of ketones is 2. The van der Waals surface area contributed by atoms with Crippen LogP contribution in [0.2, 0.25) is 0 Å². The number of carbonyl (C=O) groups excluding carboxylic acids is 2. The van der Waals surface area contributed by atoms with E-state index in [4.69, 9.17) is 4.74 Å². The lowest BCUT2D eigenvalue weighted by Gasteiger charge is -2.18. The molecule has 0 saturated heterocycles. The number of carbonyl (C=O) groups is 2. The molecule has 2 atom stereocenters. The van der Waals surface area contributed by atoms with Gasteiger partial charge in [-0.1, -0.05) is 22.9 Å². The molecule has 3 nitrogen and oxygen atoms in total. The number of Topliss-reactive ketones (excluding diaryl/α,β-unsaturated/α-hetero) is 2. The summed E-state index contributed by atoms with van der Waals surface area (Å²) in [6.45, 7) is 4.57. The lowest BCUT2D eigenvalue weighted by Crippen LogP contribution is -2.32. The van der Waals surface area contributed by atoms with Crippen LogP contribution in [0.1, 0.15) is 20.8 Å². The Kier molecular flexibility index (Phi) is 5.33. The normalized spacial score (nSPS) is 15.3. The van der Waals surface area contributed by atoms with Crippen LogP contribution in [-0.4, -0.2) is 23.2 Å². The molecule has 0 spiro atoms. The highest BCUT2D eigenvalue weighted by atomic mass is 79.9. The summed E-state index contributed by atoms with van der Waals surface area (Å²) in [4.78, 5) is 21.9. The van der Waals surface area contributed by atoms with E-state index >= 15 is 0 Å². The van der Waals surface area contributed by atoms with Crippen LogP contribution in [0.25, 0.3) is 0 Å². The summed E-state index contributed by atoms with van der Waals surface area (Å²) in [7, 11) is 0. The first kappa shape index (κ1) is 11.8. The number of rotatable bonds is 5. The van der Waals surface area contributed by atoms with E-state index in [0.717, 1.165) is 0 Å². The minimum Gasteiger partial charge on any atom is -0.359 e. The van der Waals surface area contributed by atoms with Crippen LogP contribution >= 0.6 is 15.9 Å². The largest absolute Gasteiger partial charge is 0.359 e. The predicted octanol–water partition coefficient (Wildman–Crippen LogP) is 1.54. The van der Waals surface area contributed by atoms with Crippen LogP contribution in [0, 0.1) is 5.92 Å². The van der Waals surface area contributed by atoms with Gasteiger partial charge in [-0.15, -0.1) is 0 Å². The Hall–Kier alpha value is -0.220. The molecule has 4 heteroatoms. The van der Waals surface area contributed by atoms with Crippen LogP contribution in [0.15, 0.2) is 0 Å². The summed E-state index contributed by atoms with van der Waals surface area (Å²) in [6.07, 6.45) is -0.609. The number of hydrogen-bond acceptors (Lipinski definition) is 3. The zero-order valence-electron chi connectivity index (χ0n) is 7.46. The van der Waals surface area contributed by atoms with Crippen molar-refractivity contribution in [2.45, 2.75) is 26.9 Å². The van der Waals surface area contributed by atoms with Crippen molar-refractivity contribution in [3.63, 3.8) is 0 Å². The lowest BCUT2D eigenvalue weighted by atomic mass is 9.98. The molecule has 0 N–H and O–H groups in total. The van der Waals surface area contributed by atoms with E-state index in [1.807, 2.05) is 0 Å². The van der Waals surface area contributed by atoms with Gasteiger partial charge in [0, 0.05) is 5.92 Å². The van der Waals surface area contributed by atoms with Crippen molar-refractivity contribution in [2.75, 3.05) is 5.52 Å². The second-order valence-corrected chi connectivity index (χ2v) is 3.16. The maximum absolute atomic E-state index is 11.0. The Bertz CT molecular complexity index is 179. The first-order valence-electron chi connectivity index (χ1n) is 3.69. The van der Waals surface area contributed by atoms with Crippen LogP contribution in [0.5, 0.6) is 0 Å². The van der Waals surface area contributed by atoms with Crippen molar-refractivity contribution < 1.29 is 14.3 Å². The Balaban J connectivity index is 4.28. The van der Waals surface area contributed by atoms with Crippen LogP contribution < -0.4 is 0 Å². The Labute approximate surface area is 80.6 Å². The van der Waals surface area contributed by atoms with Gasteiger partial charge in [-0.25, -0.2) is 0 Å². The van der Waals surface area contributed by atoms with Crippen LogP contribution in [0.4, 0.5) is 0 Å². The smallest absolute Gasteiger partial charge is 0.159 e. The summed E-state index contributed by atoms with van der Waals surface area (Å²) < 4.78 is 5.07.